The minimum absolute atomic E-state index is 0.00371. The number of amides is 1. The second kappa shape index (κ2) is 7.64. The number of ether oxygens (including phenoxy) is 1. The molecule has 0 bridgehead atoms. The summed E-state index contributed by atoms with van der Waals surface area (Å²) >= 11 is 0. The molecule has 1 saturated heterocycles. The molecule has 32 heavy (non-hydrogen) atoms. The molecule has 170 valence electrons. The number of rotatable bonds is 5. The molecule has 3 aromatic rings. The number of para-hydroxylation sites is 1. The first kappa shape index (κ1) is 21.8. The van der Waals surface area contributed by atoms with Gasteiger partial charge in [-0.25, -0.2) is 28.1 Å². The largest absolute Gasteiger partial charge is 0.398 e. The van der Waals surface area contributed by atoms with Crippen LogP contribution in [0, 0.1) is 0 Å². The van der Waals surface area contributed by atoms with Gasteiger partial charge in [-0.15, -0.1) is 0 Å². The Morgan fingerprint density at radius 3 is 2.59 bits per heavy atom. The standard InChI is InChI=1S/C17H19N7O7S/c18-9-4-2-1-3-8(9)16(28)23-32(29,30)17(13(27)12(26)10(5-25)31-17)24-7-22-11-14(19)20-6-21-15(11)24/h1-4,6-7,10,12-13,25-27H,5,18H2,(H,23,28)(H2,19,20,21)/t10-,12-,13-,17+/m1/s1. The third kappa shape index (κ3) is 3.06. The molecule has 1 fully saturated rings. The molecule has 0 radical (unpaired) electrons. The van der Waals surface area contributed by atoms with Gasteiger partial charge in [-0.2, -0.15) is 0 Å². The minimum atomic E-state index is -5.01. The van der Waals surface area contributed by atoms with Crippen molar-refractivity contribution >= 4 is 38.6 Å². The Kier molecular flexibility index (Phi) is 5.22. The molecule has 3 heterocycles. The molecule has 1 amide bonds. The maximum atomic E-state index is 13.5. The summed E-state index contributed by atoms with van der Waals surface area (Å²) in [6.07, 6.45) is -3.56. The molecule has 1 aliphatic heterocycles. The van der Waals surface area contributed by atoms with Crippen LogP contribution in [0.15, 0.2) is 36.9 Å². The molecule has 4 atom stereocenters. The number of benzene rings is 1. The molecule has 1 aliphatic rings. The van der Waals surface area contributed by atoms with Crippen molar-refractivity contribution in [1.29, 1.82) is 0 Å². The van der Waals surface area contributed by atoms with Gasteiger partial charge in [0.05, 0.1) is 12.2 Å². The van der Waals surface area contributed by atoms with E-state index in [4.69, 9.17) is 16.2 Å². The van der Waals surface area contributed by atoms with Crippen LogP contribution in [0.1, 0.15) is 10.4 Å². The molecular weight excluding hydrogens is 446 g/mol. The van der Waals surface area contributed by atoms with Crippen LogP contribution in [0.3, 0.4) is 0 Å². The number of aliphatic hydroxyl groups is 3. The molecule has 14 nitrogen and oxygen atoms in total. The summed E-state index contributed by atoms with van der Waals surface area (Å²) in [4.78, 5) is 24.4. The second-order valence-corrected chi connectivity index (χ2v) is 8.77. The Bertz CT molecular complexity index is 1300. The summed E-state index contributed by atoms with van der Waals surface area (Å²) in [6, 6.07) is 5.72. The SMILES string of the molecule is Nc1ccccc1C(=O)NS(=O)(=O)[C@@]1(n2cnc3c(N)ncnc32)O[C@H](CO)[C@@H](O)[C@H]1O. The summed E-state index contributed by atoms with van der Waals surface area (Å²) in [5.74, 6) is -1.20. The van der Waals surface area contributed by atoms with Gasteiger partial charge in [0.15, 0.2) is 11.5 Å². The van der Waals surface area contributed by atoms with Crippen LogP contribution in [0.4, 0.5) is 11.5 Å². The monoisotopic (exact) mass is 465 g/mol. The lowest BCUT2D eigenvalue weighted by molar-refractivity contribution is -0.0847. The van der Waals surface area contributed by atoms with E-state index in [0.29, 0.717) is 0 Å². The average molecular weight is 465 g/mol. The van der Waals surface area contributed by atoms with E-state index in [-0.39, 0.29) is 28.2 Å². The third-order valence-electron chi connectivity index (χ3n) is 5.09. The lowest BCUT2D eigenvalue weighted by Gasteiger charge is -2.32. The van der Waals surface area contributed by atoms with E-state index in [9.17, 15) is 28.5 Å². The number of nitrogens with one attached hydrogen (secondary N) is 1. The molecule has 1 aromatic carbocycles. The van der Waals surface area contributed by atoms with E-state index in [2.05, 4.69) is 15.0 Å². The van der Waals surface area contributed by atoms with Crippen LogP contribution in [0.2, 0.25) is 0 Å². The Labute approximate surface area is 180 Å². The van der Waals surface area contributed by atoms with E-state index in [0.717, 1.165) is 17.2 Å². The number of nitrogens with two attached hydrogens (primary N) is 2. The van der Waals surface area contributed by atoms with Crippen molar-refractivity contribution in [3.05, 3.63) is 42.5 Å². The highest BCUT2D eigenvalue weighted by molar-refractivity contribution is 7.90. The summed E-state index contributed by atoms with van der Waals surface area (Å²) in [7, 11) is -5.01. The van der Waals surface area contributed by atoms with Gasteiger partial charge in [-0.05, 0) is 12.1 Å². The molecule has 0 aliphatic carbocycles. The number of aromatic nitrogens is 4. The average Bonchev–Trinajstić information content (AvgIpc) is 3.29. The van der Waals surface area contributed by atoms with Gasteiger partial charge < -0.3 is 31.5 Å². The quantitative estimate of drug-likeness (QED) is 0.214. The highest BCUT2D eigenvalue weighted by Crippen LogP contribution is 2.41. The van der Waals surface area contributed by atoms with Gasteiger partial charge >= 0.3 is 5.06 Å². The maximum Gasteiger partial charge on any atom is 0.300 e. The Hall–Kier alpha value is -3.37. The zero-order chi connectivity index (χ0) is 23.3. The highest BCUT2D eigenvalue weighted by atomic mass is 32.2. The smallest absolute Gasteiger partial charge is 0.300 e. The number of carbonyl (C=O) groups is 1. The Balaban J connectivity index is 1.89. The maximum absolute atomic E-state index is 13.5. The lowest BCUT2D eigenvalue weighted by atomic mass is 10.1. The van der Waals surface area contributed by atoms with Crippen molar-refractivity contribution in [2.45, 2.75) is 23.4 Å². The molecule has 15 heteroatoms. The fraction of sp³-hybridized carbons (Fsp3) is 0.294. The number of nitrogens with zero attached hydrogens (tertiary/aromatic N) is 4. The van der Waals surface area contributed by atoms with E-state index in [1.54, 1.807) is 6.07 Å². The van der Waals surface area contributed by atoms with Crippen LogP contribution in [0.5, 0.6) is 0 Å². The van der Waals surface area contributed by atoms with Crippen molar-refractivity contribution < 1.29 is 33.3 Å². The number of nitrogen functional groups attached to an aromatic ring is 2. The summed E-state index contributed by atoms with van der Waals surface area (Å²) < 4.78 is 35.1. The van der Waals surface area contributed by atoms with Crippen molar-refractivity contribution in [2.24, 2.45) is 0 Å². The number of sulfonamides is 1. The number of carbonyl (C=O) groups excluding carboxylic acids is 1. The second-order valence-electron chi connectivity index (χ2n) is 6.97. The molecule has 8 N–H and O–H groups in total. The first-order chi connectivity index (χ1) is 15.1. The van der Waals surface area contributed by atoms with Crippen LogP contribution >= 0.6 is 0 Å². The molecule has 0 spiro atoms. The zero-order valence-electron chi connectivity index (χ0n) is 16.2. The van der Waals surface area contributed by atoms with Crippen LogP contribution < -0.4 is 16.2 Å². The van der Waals surface area contributed by atoms with Gasteiger partial charge in [0.2, 0.25) is 0 Å². The van der Waals surface area contributed by atoms with E-state index >= 15 is 0 Å². The summed E-state index contributed by atoms with van der Waals surface area (Å²) in [6.45, 7) is -0.834. The molecular formula is C17H19N7O7S. The molecule has 4 rings (SSSR count). The number of hydrogen-bond donors (Lipinski definition) is 6. The summed E-state index contributed by atoms with van der Waals surface area (Å²) in [5, 5.41) is 27.9. The van der Waals surface area contributed by atoms with Crippen LogP contribution in [-0.2, 0) is 19.8 Å². The third-order valence-corrected chi connectivity index (χ3v) is 6.85. The van der Waals surface area contributed by atoms with Crippen molar-refractivity contribution in [1.82, 2.24) is 24.2 Å². The predicted octanol–water partition coefficient (Wildman–Crippen LogP) is -2.53. The predicted molar refractivity (Wildman–Crippen MR) is 109 cm³/mol. The van der Waals surface area contributed by atoms with Crippen molar-refractivity contribution in [3.63, 3.8) is 0 Å². The number of fused-ring (bicyclic) bond motifs is 1. The minimum Gasteiger partial charge on any atom is -0.398 e. The van der Waals surface area contributed by atoms with Crippen LogP contribution in [0.25, 0.3) is 11.2 Å². The molecule has 0 saturated carbocycles. The number of imidazole rings is 1. The highest BCUT2D eigenvalue weighted by Gasteiger charge is 2.65. The number of aliphatic hydroxyl groups excluding tert-OH is 3. The molecule has 2 aromatic heterocycles. The van der Waals surface area contributed by atoms with Gasteiger partial charge in [0.25, 0.3) is 15.9 Å². The normalized spacial score (nSPS) is 25.8. The van der Waals surface area contributed by atoms with E-state index in [1.165, 1.54) is 18.2 Å². The van der Waals surface area contributed by atoms with Gasteiger partial charge in [0.1, 0.15) is 36.5 Å². The zero-order valence-corrected chi connectivity index (χ0v) is 17.0. The van der Waals surface area contributed by atoms with Gasteiger partial charge in [-0.3, -0.25) is 9.36 Å². The lowest BCUT2D eigenvalue weighted by Crippen LogP contribution is -2.56. The number of hydrogen-bond acceptors (Lipinski definition) is 12. The molecule has 0 unspecified atom stereocenters. The fourth-order valence-electron chi connectivity index (χ4n) is 3.51. The Morgan fingerprint density at radius 2 is 1.94 bits per heavy atom. The first-order valence-corrected chi connectivity index (χ1v) is 10.6. The van der Waals surface area contributed by atoms with Gasteiger partial charge in [-0.1, -0.05) is 12.1 Å². The van der Waals surface area contributed by atoms with Crippen LogP contribution in [-0.4, -0.2) is 74.1 Å². The topological polar surface area (TPSA) is 229 Å². The van der Waals surface area contributed by atoms with Crippen molar-refractivity contribution in [3.8, 4) is 0 Å². The fourth-order valence-corrected chi connectivity index (χ4v) is 5.11. The van der Waals surface area contributed by atoms with E-state index in [1.807, 2.05) is 4.72 Å². The first-order valence-electron chi connectivity index (χ1n) is 9.14. The van der Waals surface area contributed by atoms with E-state index < -0.39 is 45.9 Å². The van der Waals surface area contributed by atoms with Crippen molar-refractivity contribution in [2.75, 3.05) is 18.1 Å². The Morgan fingerprint density at radius 1 is 1.22 bits per heavy atom. The number of anilines is 2. The summed E-state index contributed by atoms with van der Waals surface area (Å²) in [5.41, 5.74) is 11.2. The van der Waals surface area contributed by atoms with Gasteiger partial charge in [0, 0.05) is 5.69 Å².